The van der Waals surface area contributed by atoms with Gasteiger partial charge in [0.1, 0.15) is 0 Å². The van der Waals surface area contributed by atoms with E-state index in [4.69, 9.17) is 5.73 Å². The van der Waals surface area contributed by atoms with Crippen molar-refractivity contribution >= 4 is 11.8 Å². The third-order valence-corrected chi connectivity index (χ3v) is 4.98. The van der Waals surface area contributed by atoms with E-state index in [0.717, 1.165) is 17.0 Å². The summed E-state index contributed by atoms with van der Waals surface area (Å²) >= 11 is 2.12. The SMILES string of the molecule is CC1CN(C2(CN)CCC2)CC(C)S1. The number of nitrogens with two attached hydrogens (primary N) is 1. The number of hydrogen-bond donors (Lipinski definition) is 1. The molecule has 2 fully saturated rings. The maximum absolute atomic E-state index is 5.94. The molecule has 1 aliphatic heterocycles. The Labute approximate surface area is 91.6 Å². The van der Waals surface area contributed by atoms with Gasteiger partial charge in [0.15, 0.2) is 0 Å². The first-order valence-electron chi connectivity index (χ1n) is 5.77. The molecule has 2 unspecified atom stereocenters. The smallest absolute Gasteiger partial charge is 0.0332 e. The van der Waals surface area contributed by atoms with Crippen molar-refractivity contribution in [3.8, 4) is 0 Å². The van der Waals surface area contributed by atoms with Crippen LogP contribution in [0.15, 0.2) is 0 Å². The van der Waals surface area contributed by atoms with Gasteiger partial charge in [0.05, 0.1) is 0 Å². The van der Waals surface area contributed by atoms with Gasteiger partial charge in [0, 0.05) is 35.7 Å². The van der Waals surface area contributed by atoms with Gasteiger partial charge in [-0.1, -0.05) is 13.8 Å². The summed E-state index contributed by atoms with van der Waals surface area (Å²) in [5.74, 6) is 0. The molecule has 2 rings (SSSR count). The van der Waals surface area contributed by atoms with Crippen molar-refractivity contribution in [3.05, 3.63) is 0 Å². The zero-order valence-electron chi connectivity index (χ0n) is 9.33. The topological polar surface area (TPSA) is 29.3 Å². The molecule has 1 heterocycles. The number of thioether (sulfide) groups is 1. The Balaban J connectivity index is 2.02. The fourth-order valence-electron chi connectivity index (χ4n) is 2.80. The minimum atomic E-state index is 0.392. The Morgan fingerprint density at radius 2 is 1.86 bits per heavy atom. The highest BCUT2D eigenvalue weighted by Crippen LogP contribution is 2.40. The van der Waals surface area contributed by atoms with Crippen LogP contribution >= 0.6 is 11.8 Å². The minimum absolute atomic E-state index is 0.392. The van der Waals surface area contributed by atoms with Crippen molar-refractivity contribution in [2.75, 3.05) is 19.6 Å². The summed E-state index contributed by atoms with van der Waals surface area (Å²) < 4.78 is 0. The van der Waals surface area contributed by atoms with Crippen molar-refractivity contribution in [2.24, 2.45) is 5.73 Å². The molecule has 2 nitrogen and oxygen atoms in total. The van der Waals surface area contributed by atoms with E-state index >= 15 is 0 Å². The average Bonchev–Trinajstić information content (AvgIpc) is 2.01. The second kappa shape index (κ2) is 4.03. The first-order chi connectivity index (χ1) is 6.66. The molecule has 0 bridgehead atoms. The van der Waals surface area contributed by atoms with E-state index in [2.05, 4.69) is 30.5 Å². The van der Waals surface area contributed by atoms with Gasteiger partial charge in [-0.3, -0.25) is 4.90 Å². The van der Waals surface area contributed by atoms with Crippen molar-refractivity contribution in [1.29, 1.82) is 0 Å². The van der Waals surface area contributed by atoms with Crippen LogP contribution in [0.4, 0.5) is 0 Å². The standard InChI is InChI=1S/C11H22N2S/c1-9-6-13(7-10(2)14-9)11(8-12)4-3-5-11/h9-10H,3-8,12H2,1-2H3. The Hall–Kier alpha value is 0.270. The van der Waals surface area contributed by atoms with E-state index in [1.165, 1.54) is 32.4 Å². The largest absolute Gasteiger partial charge is 0.329 e. The van der Waals surface area contributed by atoms with E-state index in [-0.39, 0.29) is 0 Å². The Bertz CT molecular complexity index is 188. The van der Waals surface area contributed by atoms with Gasteiger partial charge in [-0.05, 0) is 19.3 Å². The summed E-state index contributed by atoms with van der Waals surface area (Å²) in [5.41, 5.74) is 6.33. The van der Waals surface area contributed by atoms with Crippen molar-refractivity contribution < 1.29 is 0 Å². The fourth-order valence-corrected chi connectivity index (χ4v) is 4.12. The molecule has 0 amide bonds. The third kappa shape index (κ3) is 1.82. The molecule has 0 aromatic rings. The van der Waals surface area contributed by atoms with Crippen LogP contribution < -0.4 is 5.73 Å². The Morgan fingerprint density at radius 3 is 2.21 bits per heavy atom. The van der Waals surface area contributed by atoms with Gasteiger partial charge >= 0.3 is 0 Å². The lowest BCUT2D eigenvalue weighted by Crippen LogP contribution is -2.62. The van der Waals surface area contributed by atoms with Gasteiger partial charge in [0.2, 0.25) is 0 Å². The van der Waals surface area contributed by atoms with E-state index < -0.39 is 0 Å². The average molecular weight is 214 g/mol. The predicted octanol–water partition coefficient (Wildman–Crippen LogP) is 1.69. The maximum atomic E-state index is 5.94. The number of nitrogens with zero attached hydrogens (tertiary/aromatic N) is 1. The Kier molecular flexibility index (Phi) is 3.10. The summed E-state index contributed by atoms with van der Waals surface area (Å²) in [6.45, 7) is 8.03. The quantitative estimate of drug-likeness (QED) is 0.758. The van der Waals surface area contributed by atoms with Crippen LogP contribution in [0.5, 0.6) is 0 Å². The molecule has 0 spiro atoms. The van der Waals surface area contributed by atoms with Gasteiger partial charge in [-0.15, -0.1) is 0 Å². The highest BCUT2D eigenvalue weighted by atomic mass is 32.2. The van der Waals surface area contributed by atoms with Crippen molar-refractivity contribution in [3.63, 3.8) is 0 Å². The summed E-state index contributed by atoms with van der Waals surface area (Å²) in [5, 5.41) is 1.56. The number of hydrogen-bond acceptors (Lipinski definition) is 3. The van der Waals surface area contributed by atoms with Gasteiger partial charge < -0.3 is 5.73 Å². The molecule has 2 aliphatic rings. The monoisotopic (exact) mass is 214 g/mol. The van der Waals surface area contributed by atoms with Crippen LogP contribution in [0.1, 0.15) is 33.1 Å². The lowest BCUT2D eigenvalue weighted by molar-refractivity contribution is 0.0223. The summed E-state index contributed by atoms with van der Waals surface area (Å²) in [4.78, 5) is 2.67. The number of rotatable bonds is 2. The molecular formula is C11H22N2S. The molecule has 2 N–H and O–H groups in total. The van der Waals surface area contributed by atoms with Crippen LogP contribution in [0, 0.1) is 0 Å². The molecule has 1 saturated carbocycles. The normalized spacial score (nSPS) is 37.9. The highest BCUT2D eigenvalue weighted by Gasteiger charge is 2.43. The minimum Gasteiger partial charge on any atom is -0.329 e. The van der Waals surface area contributed by atoms with E-state index in [0.29, 0.717) is 5.54 Å². The van der Waals surface area contributed by atoms with Gasteiger partial charge in [-0.2, -0.15) is 11.8 Å². The molecule has 2 atom stereocenters. The van der Waals surface area contributed by atoms with E-state index in [1.54, 1.807) is 0 Å². The molecule has 1 aliphatic carbocycles. The highest BCUT2D eigenvalue weighted by molar-refractivity contribution is 8.00. The molecule has 82 valence electrons. The molecular weight excluding hydrogens is 192 g/mol. The fraction of sp³-hybridized carbons (Fsp3) is 1.00. The predicted molar refractivity (Wildman–Crippen MR) is 63.7 cm³/mol. The van der Waals surface area contributed by atoms with Crippen LogP contribution in [0.3, 0.4) is 0 Å². The zero-order chi connectivity index (χ0) is 10.2. The zero-order valence-corrected chi connectivity index (χ0v) is 10.1. The van der Waals surface area contributed by atoms with Crippen LogP contribution in [-0.4, -0.2) is 40.6 Å². The second-order valence-electron chi connectivity index (χ2n) is 4.94. The lowest BCUT2D eigenvalue weighted by atomic mass is 9.75. The molecule has 3 heteroatoms. The summed E-state index contributed by atoms with van der Waals surface area (Å²) in [7, 11) is 0. The van der Waals surface area contributed by atoms with Crippen LogP contribution in [-0.2, 0) is 0 Å². The first kappa shape index (κ1) is 10.8. The van der Waals surface area contributed by atoms with Crippen LogP contribution in [0.2, 0.25) is 0 Å². The molecule has 14 heavy (non-hydrogen) atoms. The third-order valence-electron chi connectivity index (χ3n) is 3.75. The van der Waals surface area contributed by atoms with E-state index in [1.807, 2.05) is 0 Å². The molecule has 0 aromatic carbocycles. The Morgan fingerprint density at radius 1 is 1.29 bits per heavy atom. The lowest BCUT2D eigenvalue weighted by Gasteiger charge is -2.53. The van der Waals surface area contributed by atoms with Crippen molar-refractivity contribution in [2.45, 2.75) is 49.1 Å². The van der Waals surface area contributed by atoms with Gasteiger partial charge in [-0.25, -0.2) is 0 Å². The molecule has 1 saturated heterocycles. The second-order valence-corrected chi connectivity index (χ2v) is 6.83. The van der Waals surface area contributed by atoms with Crippen molar-refractivity contribution in [1.82, 2.24) is 4.90 Å². The molecule has 0 aromatic heterocycles. The maximum Gasteiger partial charge on any atom is 0.0332 e. The van der Waals surface area contributed by atoms with Crippen LogP contribution in [0.25, 0.3) is 0 Å². The van der Waals surface area contributed by atoms with Gasteiger partial charge in [0.25, 0.3) is 0 Å². The molecule has 0 radical (unpaired) electrons. The summed E-state index contributed by atoms with van der Waals surface area (Å²) in [6.07, 6.45) is 4.03. The van der Waals surface area contributed by atoms with E-state index in [9.17, 15) is 0 Å². The first-order valence-corrected chi connectivity index (χ1v) is 6.71. The summed E-state index contributed by atoms with van der Waals surface area (Å²) in [6, 6.07) is 0.